The second-order valence-electron chi connectivity index (χ2n) is 8.62. The quantitative estimate of drug-likeness (QED) is 0.568. The van der Waals surface area contributed by atoms with Gasteiger partial charge in [0.05, 0.1) is 6.61 Å². The van der Waals surface area contributed by atoms with Gasteiger partial charge in [-0.2, -0.15) is 0 Å². The molecule has 0 aromatic heterocycles. The summed E-state index contributed by atoms with van der Waals surface area (Å²) in [5.74, 6) is 0.121. The molecule has 32 heavy (non-hydrogen) atoms. The highest BCUT2D eigenvalue weighted by Crippen LogP contribution is 2.36. The van der Waals surface area contributed by atoms with Gasteiger partial charge < -0.3 is 19.6 Å². The Morgan fingerprint density at radius 3 is 2.78 bits per heavy atom. The number of hydrogen-bond donors (Lipinski definition) is 2. The highest BCUT2D eigenvalue weighted by Gasteiger charge is 2.30. The van der Waals surface area contributed by atoms with E-state index in [1.807, 2.05) is 23.1 Å². The summed E-state index contributed by atoms with van der Waals surface area (Å²) in [5, 5.41) is 12.0. The minimum absolute atomic E-state index is 0.0502. The standard InChI is InChI=1S/C23H30N4O5/c28-19-14-26-13-16-7-6-10-18(22(16)25-23(26)24-19)32-12-5-4-11-20(29)27(15-21(30)31)17-8-2-1-3-9-17/h6-7,10,17H,1-5,8-9,11-15H2,(H,30,31)(H,24,25,28). The zero-order chi connectivity index (χ0) is 22.5. The fourth-order valence-corrected chi connectivity index (χ4v) is 4.63. The number of rotatable bonds is 9. The number of carboxylic acids is 1. The number of fused-ring (bicyclic) bond motifs is 2. The van der Waals surface area contributed by atoms with Crippen molar-refractivity contribution in [2.24, 2.45) is 4.99 Å². The molecule has 9 nitrogen and oxygen atoms in total. The Morgan fingerprint density at radius 2 is 2.00 bits per heavy atom. The number of aliphatic carboxylic acids is 1. The Kier molecular flexibility index (Phi) is 6.92. The summed E-state index contributed by atoms with van der Waals surface area (Å²) in [7, 11) is 0. The highest BCUT2D eigenvalue weighted by molar-refractivity contribution is 6.06. The van der Waals surface area contributed by atoms with Crippen LogP contribution in [0.5, 0.6) is 5.75 Å². The summed E-state index contributed by atoms with van der Waals surface area (Å²) in [6.07, 6.45) is 6.67. The number of carbonyl (C=O) groups is 3. The van der Waals surface area contributed by atoms with Crippen molar-refractivity contribution in [3.63, 3.8) is 0 Å². The maximum absolute atomic E-state index is 12.7. The van der Waals surface area contributed by atoms with Crippen LogP contribution in [0.15, 0.2) is 23.2 Å². The number of hydrogen-bond acceptors (Lipinski definition) is 6. The molecule has 1 aliphatic carbocycles. The Bertz CT molecular complexity index is 910. The number of nitrogens with zero attached hydrogens (tertiary/aromatic N) is 3. The van der Waals surface area contributed by atoms with Gasteiger partial charge >= 0.3 is 5.97 Å². The predicted octanol–water partition coefficient (Wildman–Crippen LogP) is 2.41. The first-order valence-electron chi connectivity index (χ1n) is 11.4. The van der Waals surface area contributed by atoms with Crippen LogP contribution in [0.4, 0.5) is 5.69 Å². The summed E-state index contributed by atoms with van der Waals surface area (Å²) in [4.78, 5) is 43.6. The maximum atomic E-state index is 12.7. The molecule has 1 aromatic carbocycles. The van der Waals surface area contributed by atoms with Crippen LogP contribution in [-0.2, 0) is 20.9 Å². The van der Waals surface area contributed by atoms with E-state index in [4.69, 9.17) is 4.74 Å². The molecule has 4 rings (SSSR count). The molecule has 2 aliphatic heterocycles. The average Bonchev–Trinajstić information content (AvgIpc) is 3.15. The van der Waals surface area contributed by atoms with Crippen LogP contribution in [-0.4, -0.2) is 64.4 Å². The number of amides is 2. The van der Waals surface area contributed by atoms with E-state index in [9.17, 15) is 19.5 Å². The molecule has 172 valence electrons. The molecule has 1 aromatic rings. The van der Waals surface area contributed by atoms with Crippen molar-refractivity contribution >= 4 is 29.4 Å². The minimum atomic E-state index is -0.959. The first-order valence-corrected chi connectivity index (χ1v) is 11.4. The van der Waals surface area contributed by atoms with Gasteiger partial charge in [0.15, 0.2) is 0 Å². The largest absolute Gasteiger partial charge is 0.491 e. The van der Waals surface area contributed by atoms with Crippen LogP contribution in [0.25, 0.3) is 0 Å². The van der Waals surface area contributed by atoms with E-state index in [0.29, 0.717) is 50.7 Å². The molecule has 9 heteroatoms. The second kappa shape index (κ2) is 10.0. The van der Waals surface area contributed by atoms with E-state index in [2.05, 4.69) is 10.3 Å². The predicted molar refractivity (Wildman–Crippen MR) is 118 cm³/mol. The lowest BCUT2D eigenvalue weighted by Gasteiger charge is -2.33. The first kappa shape index (κ1) is 22.1. The normalized spacial score (nSPS) is 17.8. The van der Waals surface area contributed by atoms with Crippen molar-refractivity contribution < 1.29 is 24.2 Å². The summed E-state index contributed by atoms with van der Waals surface area (Å²) >= 11 is 0. The molecule has 2 heterocycles. The van der Waals surface area contributed by atoms with Crippen LogP contribution < -0.4 is 10.1 Å². The van der Waals surface area contributed by atoms with Gasteiger partial charge in [0.25, 0.3) is 0 Å². The van der Waals surface area contributed by atoms with Crippen molar-refractivity contribution in [3.8, 4) is 5.75 Å². The van der Waals surface area contributed by atoms with E-state index >= 15 is 0 Å². The summed E-state index contributed by atoms with van der Waals surface area (Å²) in [6, 6.07) is 5.80. The molecule has 1 saturated carbocycles. The summed E-state index contributed by atoms with van der Waals surface area (Å²) in [5.41, 5.74) is 1.75. The Hall–Kier alpha value is -3.10. The Balaban J connectivity index is 1.27. The maximum Gasteiger partial charge on any atom is 0.323 e. The van der Waals surface area contributed by atoms with E-state index < -0.39 is 5.97 Å². The lowest BCUT2D eigenvalue weighted by atomic mass is 9.94. The van der Waals surface area contributed by atoms with Crippen molar-refractivity contribution in [3.05, 3.63) is 23.8 Å². The van der Waals surface area contributed by atoms with Gasteiger partial charge in [0, 0.05) is 24.6 Å². The van der Waals surface area contributed by atoms with Gasteiger partial charge in [-0.15, -0.1) is 0 Å². The van der Waals surface area contributed by atoms with Crippen molar-refractivity contribution in [2.75, 3.05) is 19.7 Å². The number of unbranched alkanes of at least 4 members (excludes halogenated alkanes) is 1. The van der Waals surface area contributed by atoms with Crippen LogP contribution in [0.2, 0.25) is 0 Å². The van der Waals surface area contributed by atoms with E-state index in [1.54, 1.807) is 4.90 Å². The lowest BCUT2D eigenvalue weighted by Crippen LogP contribution is -2.44. The number of para-hydroxylation sites is 1. The SMILES string of the molecule is O=C(O)CN(C(=O)CCCCOc1cccc2c1N=C1NC(=O)CN1C2)C1CCCCC1. The van der Waals surface area contributed by atoms with E-state index in [-0.39, 0.29) is 24.4 Å². The number of guanidine groups is 1. The third-order valence-electron chi connectivity index (χ3n) is 6.23. The molecule has 2 amide bonds. The summed E-state index contributed by atoms with van der Waals surface area (Å²) in [6.45, 7) is 1.15. The fourth-order valence-electron chi connectivity index (χ4n) is 4.63. The van der Waals surface area contributed by atoms with Crippen LogP contribution >= 0.6 is 0 Å². The third kappa shape index (κ3) is 5.20. The molecule has 2 N–H and O–H groups in total. The van der Waals surface area contributed by atoms with Crippen molar-refractivity contribution in [1.82, 2.24) is 15.1 Å². The third-order valence-corrected chi connectivity index (χ3v) is 6.23. The fraction of sp³-hybridized carbons (Fsp3) is 0.565. The molecule has 0 unspecified atom stereocenters. The number of benzene rings is 1. The first-order chi connectivity index (χ1) is 15.5. The molecule has 0 spiro atoms. The minimum Gasteiger partial charge on any atom is -0.491 e. The van der Waals surface area contributed by atoms with Gasteiger partial charge in [0.2, 0.25) is 17.8 Å². The molecular formula is C23H30N4O5. The molecule has 0 atom stereocenters. The van der Waals surface area contributed by atoms with Gasteiger partial charge in [-0.05, 0) is 31.7 Å². The zero-order valence-corrected chi connectivity index (χ0v) is 18.2. The Labute approximate surface area is 187 Å². The van der Waals surface area contributed by atoms with Crippen LogP contribution in [0.3, 0.4) is 0 Å². The molecular weight excluding hydrogens is 412 g/mol. The Morgan fingerprint density at radius 1 is 1.19 bits per heavy atom. The topological polar surface area (TPSA) is 112 Å². The number of carbonyl (C=O) groups excluding carboxylic acids is 2. The number of carboxylic acid groups (broad SMARTS) is 1. The van der Waals surface area contributed by atoms with Crippen LogP contribution in [0.1, 0.15) is 56.9 Å². The molecule has 3 aliphatic rings. The highest BCUT2D eigenvalue weighted by atomic mass is 16.5. The molecule has 0 radical (unpaired) electrons. The molecule has 0 bridgehead atoms. The van der Waals surface area contributed by atoms with Gasteiger partial charge in [0.1, 0.15) is 24.5 Å². The average molecular weight is 443 g/mol. The van der Waals surface area contributed by atoms with Gasteiger partial charge in [-0.25, -0.2) is 4.99 Å². The summed E-state index contributed by atoms with van der Waals surface area (Å²) < 4.78 is 5.95. The number of aliphatic imine (C=N–C) groups is 1. The van der Waals surface area contributed by atoms with Crippen molar-refractivity contribution in [1.29, 1.82) is 0 Å². The van der Waals surface area contributed by atoms with Crippen molar-refractivity contribution in [2.45, 2.75) is 64.0 Å². The van der Waals surface area contributed by atoms with Gasteiger partial charge in [-0.1, -0.05) is 31.4 Å². The smallest absolute Gasteiger partial charge is 0.323 e. The van der Waals surface area contributed by atoms with E-state index in [1.165, 1.54) is 0 Å². The number of nitrogens with one attached hydrogen (secondary N) is 1. The second-order valence-corrected chi connectivity index (χ2v) is 8.62. The monoisotopic (exact) mass is 442 g/mol. The molecule has 2 fully saturated rings. The lowest BCUT2D eigenvalue weighted by molar-refractivity contribution is -0.146. The van der Waals surface area contributed by atoms with Crippen LogP contribution in [0, 0.1) is 0 Å². The number of ether oxygens (including phenoxy) is 1. The zero-order valence-electron chi connectivity index (χ0n) is 18.2. The van der Waals surface area contributed by atoms with E-state index in [0.717, 1.165) is 43.4 Å². The molecule has 1 saturated heterocycles. The van der Waals surface area contributed by atoms with Gasteiger partial charge in [-0.3, -0.25) is 19.7 Å².